The number of phenolic OH excluding ortho intramolecular Hbond substituents is 1. The highest BCUT2D eigenvalue weighted by atomic mass is 35.5. The van der Waals surface area contributed by atoms with Crippen LogP contribution in [-0.2, 0) is 4.79 Å². The number of phenols is 1. The normalized spacial score (nSPS) is 10.1. The van der Waals surface area contributed by atoms with Crippen molar-refractivity contribution in [2.75, 3.05) is 11.9 Å². The minimum absolute atomic E-state index is 0.0307. The first-order valence-electron chi connectivity index (χ1n) is 5.71. The number of nitrogens with one attached hydrogen (secondary N) is 1. The number of anilines is 1. The second-order valence-corrected chi connectivity index (χ2v) is 4.80. The zero-order valence-corrected chi connectivity index (χ0v) is 11.8. The third kappa shape index (κ3) is 4.05. The largest absolute Gasteiger partial charge is 0.508 e. The smallest absolute Gasteiger partial charge is 0.262 e. The Labute approximate surface area is 125 Å². The van der Waals surface area contributed by atoms with E-state index in [1.54, 1.807) is 24.3 Å². The van der Waals surface area contributed by atoms with E-state index in [2.05, 4.69) is 5.32 Å². The Morgan fingerprint density at radius 1 is 1.20 bits per heavy atom. The molecule has 0 aliphatic rings. The lowest BCUT2D eigenvalue weighted by atomic mass is 10.3. The molecule has 20 heavy (non-hydrogen) atoms. The number of hydrogen-bond donors (Lipinski definition) is 2. The van der Waals surface area contributed by atoms with E-state index in [1.165, 1.54) is 18.2 Å². The van der Waals surface area contributed by atoms with Crippen LogP contribution in [0.4, 0.5) is 5.69 Å². The molecular weight excluding hydrogens is 301 g/mol. The molecule has 0 heterocycles. The van der Waals surface area contributed by atoms with E-state index >= 15 is 0 Å². The van der Waals surface area contributed by atoms with E-state index in [0.29, 0.717) is 16.5 Å². The summed E-state index contributed by atoms with van der Waals surface area (Å²) in [6, 6.07) is 11.0. The molecule has 0 atom stereocenters. The zero-order chi connectivity index (χ0) is 14.5. The molecule has 0 aliphatic heterocycles. The fourth-order valence-corrected chi connectivity index (χ4v) is 1.90. The topological polar surface area (TPSA) is 58.6 Å². The summed E-state index contributed by atoms with van der Waals surface area (Å²) in [7, 11) is 0. The zero-order valence-electron chi connectivity index (χ0n) is 10.3. The fourth-order valence-electron chi connectivity index (χ4n) is 1.50. The second-order valence-electron chi connectivity index (χ2n) is 3.96. The van der Waals surface area contributed by atoms with Gasteiger partial charge in [0.15, 0.2) is 6.61 Å². The molecule has 0 fully saturated rings. The van der Waals surface area contributed by atoms with E-state index in [-0.39, 0.29) is 23.3 Å². The lowest BCUT2D eigenvalue weighted by molar-refractivity contribution is -0.118. The van der Waals surface area contributed by atoms with Gasteiger partial charge in [-0.05, 0) is 30.3 Å². The number of hydrogen-bond acceptors (Lipinski definition) is 3. The van der Waals surface area contributed by atoms with Crippen LogP contribution in [0.2, 0.25) is 10.0 Å². The average molecular weight is 312 g/mol. The van der Waals surface area contributed by atoms with Gasteiger partial charge in [-0.25, -0.2) is 0 Å². The van der Waals surface area contributed by atoms with Crippen molar-refractivity contribution in [2.45, 2.75) is 0 Å². The molecule has 2 rings (SSSR count). The van der Waals surface area contributed by atoms with Crippen LogP contribution < -0.4 is 10.1 Å². The van der Waals surface area contributed by atoms with Gasteiger partial charge < -0.3 is 15.2 Å². The monoisotopic (exact) mass is 311 g/mol. The van der Waals surface area contributed by atoms with Crippen molar-refractivity contribution in [1.29, 1.82) is 0 Å². The molecule has 2 N–H and O–H groups in total. The molecule has 104 valence electrons. The molecule has 0 bridgehead atoms. The quantitative estimate of drug-likeness (QED) is 0.846. The number of rotatable bonds is 4. The van der Waals surface area contributed by atoms with Gasteiger partial charge >= 0.3 is 0 Å². The number of halogens is 2. The predicted molar refractivity (Wildman–Crippen MR) is 78.7 cm³/mol. The number of benzene rings is 2. The van der Waals surface area contributed by atoms with Gasteiger partial charge in [0.05, 0.1) is 10.7 Å². The molecule has 0 aliphatic carbocycles. The minimum Gasteiger partial charge on any atom is -0.508 e. The highest BCUT2D eigenvalue weighted by Gasteiger charge is 2.07. The van der Waals surface area contributed by atoms with Crippen molar-refractivity contribution in [2.24, 2.45) is 0 Å². The predicted octanol–water partition coefficient (Wildman–Crippen LogP) is 3.72. The van der Waals surface area contributed by atoms with E-state index in [4.69, 9.17) is 27.9 Å². The molecule has 6 heteroatoms. The molecular formula is C14H11Cl2NO3. The SMILES string of the molecule is O=C(COc1cccc(Cl)c1)Nc1ccc(O)cc1Cl. The lowest BCUT2D eigenvalue weighted by Gasteiger charge is -2.09. The summed E-state index contributed by atoms with van der Waals surface area (Å²) in [6.45, 7) is -0.169. The van der Waals surface area contributed by atoms with Crippen LogP contribution in [0.15, 0.2) is 42.5 Å². The number of carbonyl (C=O) groups is 1. The Kier molecular flexibility index (Phi) is 4.71. The fraction of sp³-hybridized carbons (Fsp3) is 0.0714. The average Bonchev–Trinajstić information content (AvgIpc) is 2.40. The van der Waals surface area contributed by atoms with Crippen molar-refractivity contribution in [3.63, 3.8) is 0 Å². The number of aromatic hydroxyl groups is 1. The highest BCUT2D eigenvalue weighted by molar-refractivity contribution is 6.33. The molecule has 2 aromatic rings. The number of amides is 1. The summed E-state index contributed by atoms with van der Waals surface area (Å²) >= 11 is 11.7. The van der Waals surface area contributed by atoms with Crippen LogP contribution in [0.3, 0.4) is 0 Å². The summed E-state index contributed by atoms with van der Waals surface area (Å²) in [4.78, 5) is 11.7. The van der Waals surface area contributed by atoms with Crippen molar-refractivity contribution in [3.05, 3.63) is 52.5 Å². The van der Waals surface area contributed by atoms with Gasteiger partial charge in [0, 0.05) is 11.1 Å². The van der Waals surface area contributed by atoms with Crippen LogP contribution in [-0.4, -0.2) is 17.6 Å². The Hall–Kier alpha value is -1.91. The maximum atomic E-state index is 11.7. The van der Waals surface area contributed by atoms with Gasteiger partial charge in [0.1, 0.15) is 11.5 Å². The summed E-state index contributed by atoms with van der Waals surface area (Å²) in [5, 5.41) is 12.6. The summed E-state index contributed by atoms with van der Waals surface area (Å²) in [6.07, 6.45) is 0. The maximum absolute atomic E-state index is 11.7. The van der Waals surface area contributed by atoms with E-state index in [0.717, 1.165) is 0 Å². The van der Waals surface area contributed by atoms with Crippen LogP contribution >= 0.6 is 23.2 Å². The molecule has 0 aromatic heterocycles. The van der Waals surface area contributed by atoms with Gasteiger partial charge in [0.2, 0.25) is 0 Å². The van der Waals surface area contributed by atoms with Crippen molar-refractivity contribution >= 4 is 34.8 Å². The number of ether oxygens (including phenoxy) is 1. The van der Waals surface area contributed by atoms with Gasteiger partial charge in [-0.2, -0.15) is 0 Å². The molecule has 1 amide bonds. The molecule has 0 saturated carbocycles. The van der Waals surface area contributed by atoms with Gasteiger partial charge in [-0.15, -0.1) is 0 Å². The summed E-state index contributed by atoms with van der Waals surface area (Å²) in [5.74, 6) is 0.171. The van der Waals surface area contributed by atoms with Gasteiger partial charge in [0.25, 0.3) is 5.91 Å². The molecule has 4 nitrogen and oxygen atoms in total. The third-order valence-electron chi connectivity index (χ3n) is 2.39. The van der Waals surface area contributed by atoms with E-state index < -0.39 is 0 Å². The van der Waals surface area contributed by atoms with Crippen LogP contribution in [0.25, 0.3) is 0 Å². The molecule has 0 spiro atoms. The Morgan fingerprint density at radius 3 is 2.70 bits per heavy atom. The standard InChI is InChI=1S/C14H11Cl2NO3/c15-9-2-1-3-11(6-9)20-8-14(19)17-13-5-4-10(18)7-12(13)16/h1-7,18H,8H2,(H,17,19). The van der Waals surface area contributed by atoms with Crippen molar-refractivity contribution < 1.29 is 14.6 Å². The van der Waals surface area contributed by atoms with E-state index in [1.807, 2.05) is 0 Å². The van der Waals surface area contributed by atoms with Crippen molar-refractivity contribution in [3.8, 4) is 11.5 Å². The molecule has 0 radical (unpaired) electrons. The van der Waals surface area contributed by atoms with Gasteiger partial charge in [-0.3, -0.25) is 4.79 Å². The maximum Gasteiger partial charge on any atom is 0.262 e. The van der Waals surface area contributed by atoms with Crippen LogP contribution in [0.5, 0.6) is 11.5 Å². The van der Waals surface area contributed by atoms with Crippen LogP contribution in [0, 0.1) is 0 Å². The van der Waals surface area contributed by atoms with Crippen molar-refractivity contribution in [1.82, 2.24) is 0 Å². The summed E-state index contributed by atoms with van der Waals surface area (Å²) < 4.78 is 5.30. The Morgan fingerprint density at radius 2 is 2.00 bits per heavy atom. The third-order valence-corrected chi connectivity index (χ3v) is 2.94. The molecule has 0 saturated heterocycles. The Bertz CT molecular complexity index is 632. The van der Waals surface area contributed by atoms with E-state index in [9.17, 15) is 9.90 Å². The highest BCUT2D eigenvalue weighted by Crippen LogP contribution is 2.25. The van der Waals surface area contributed by atoms with Gasteiger partial charge in [-0.1, -0.05) is 29.3 Å². The van der Waals surface area contributed by atoms with Crippen LogP contribution in [0.1, 0.15) is 0 Å². The second kappa shape index (κ2) is 6.50. The molecule has 2 aromatic carbocycles. The summed E-state index contributed by atoms with van der Waals surface area (Å²) in [5.41, 5.74) is 0.407. The minimum atomic E-state index is -0.363. The first-order chi connectivity index (χ1) is 9.54. The first-order valence-corrected chi connectivity index (χ1v) is 6.47. The number of carbonyl (C=O) groups excluding carboxylic acids is 1. The first kappa shape index (κ1) is 14.5. The lowest BCUT2D eigenvalue weighted by Crippen LogP contribution is -2.20. The Balaban J connectivity index is 1.92. The molecule has 0 unspecified atom stereocenters.